The van der Waals surface area contributed by atoms with Crippen molar-refractivity contribution in [2.45, 2.75) is 20.4 Å². The van der Waals surface area contributed by atoms with Crippen LogP contribution in [-0.4, -0.2) is 26.7 Å². The third kappa shape index (κ3) is 2.79. The first-order chi connectivity index (χ1) is 9.52. The Kier molecular flexibility index (Phi) is 4.02. The Morgan fingerprint density at radius 3 is 2.70 bits per heavy atom. The molecule has 0 spiro atoms. The van der Waals surface area contributed by atoms with Crippen LogP contribution in [-0.2, 0) is 13.6 Å². The molecule has 2 rings (SSSR count). The Morgan fingerprint density at radius 2 is 2.15 bits per heavy atom. The van der Waals surface area contributed by atoms with Crippen molar-refractivity contribution < 1.29 is 9.53 Å². The number of carbonyl (C=O) groups excluding carboxylic acids is 1. The van der Waals surface area contributed by atoms with Gasteiger partial charge in [0.1, 0.15) is 12.1 Å². The van der Waals surface area contributed by atoms with Gasteiger partial charge in [-0.3, -0.25) is 9.36 Å². The van der Waals surface area contributed by atoms with Crippen LogP contribution in [0.5, 0.6) is 5.75 Å². The van der Waals surface area contributed by atoms with Gasteiger partial charge >= 0.3 is 5.69 Å². The zero-order valence-corrected chi connectivity index (χ0v) is 11.8. The maximum atomic E-state index is 11.8. The van der Waals surface area contributed by atoms with Gasteiger partial charge in [0.25, 0.3) is 0 Å². The minimum absolute atomic E-state index is 0.0253. The molecule has 20 heavy (non-hydrogen) atoms. The summed E-state index contributed by atoms with van der Waals surface area (Å²) in [5.74, 6) is 0.637. The van der Waals surface area contributed by atoms with Gasteiger partial charge in [-0.15, -0.1) is 0 Å². The van der Waals surface area contributed by atoms with E-state index in [4.69, 9.17) is 4.74 Å². The highest BCUT2D eigenvalue weighted by atomic mass is 16.5. The molecule has 0 aliphatic rings. The molecule has 0 aliphatic heterocycles. The highest BCUT2D eigenvalue weighted by Gasteiger charge is 2.11. The van der Waals surface area contributed by atoms with E-state index < -0.39 is 0 Å². The van der Waals surface area contributed by atoms with E-state index in [1.54, 1.807) is 25.2 Å². The molecule has 0 radical (unpaired) electrons. The van der Waals surface area contributed by atoms with Crippen LogP contribution in [0.2, 0.25) is 0 Å². The van der Waals surface area contributed by atoms with Gasteiger partial charge in [-0.25, -0.2) is 9.48 Å². The molecule has 106 valence electrons. The number of hydrogen-bond donors (Lipinski definition) is 0. The summed E-state index contributed by atoms with van der Waals surface area (Å²) in [7, 11) is 1.64. The molecule has 1 aromatic carbocycles. The number of aromatic nitrogens is 3. The van der Waals surface area contributed by atoms with Crippen molar-refractivity contribution in [1.29, 1.82) is 0 Å². The molecule has 0 amide bonds. The Labute approximate surface area is 116 Å². The normalized spacial score (nSPS) is 10.6. The second kappa shape index (κ2) is 5.73. The number of hydrogen-bond acceptors (Lipinski definition) is 4. The molecular weight excluding hydrogens is 258 g/mol. The maximum Gasteiger partial charge on any atom is 0.345 e. The average Bonchev–Trinajstić information content (AvgIpc) is 2.73. The molecular formula is C14H17N3O3. The van der Waals surface area contributed by atoms with E-state index in [1.165, 1.54) is 22.5 Å². The molecule has 0 saturated carbocycles. The number of nitrogens with zero attached hydrogens (tertiary/aromatic N) is 3. The lowest BCUT2D eigenvalue weighted by Gasteiger charge is -2.11. The minimum atomic E-state index is -0.208. The first kappa shape index (κ1) is 14.0. The number of ether oxygens (including phenoxy) is 1. The van der Waals surface area contributed by atoms with Gasteiger partial charge in [0.15, 0.2) is 5.78 Å². The van der Waals surface area contributed by atoms with E-state index in [1.807, 2.05) is 6.92 Å². The molecule has 0 atom stereocenters. The molecule has 6 heteroatoms. The fourth-order valence-electron chi connectivity index (χ4n) is 1.91. The molecule has 0 aliphatic carbocycles. The van der Waals surface area contributed by atoms with Gasteiger partial charge in [-0.1, -0.05) is 0 Å². The van der Waals surface area contributed by atoms with Crippen molar-refractivity contribution >= 4 is 5.78 Å². The largest absolute Gasteiger partial charge is 0.494 e. The van der Waals surface area contributed by atoms with Gasteiger partial charge in [0, 0.05) is 18.2 Å². The van der Waals surface area contributed by atoms with E-state index in [2.05, 4.69) is 5.10 Å². The van der Waals surface area contributed by atoms with Crippen LogP contribution in [0.15, 0.2) is 29.3 Å². The smallest absolute Gasteiger partial charge is 0.345 e. The van der Waals surface area contributed by atoms with Crippen LogP contribution in [0.1, 0.15) is 29.8 Å². The molecule has 1 heterocycles. The number of benzene rings is 1. The number of ketones is 1. The predicted octanol–water partition coefficient (Wildman–Crippen LogP) is 1.23. The highest BCUT2D eigenvalue weighted by molar-refractivity contribution is 5.94. The van der Waals surface area contributed by atoms with Crippen LogP contribution in [0.25, 0.3) is 0 Å². The summed E-state index contributed by atoms with van der Waals surface area (Å²) in [5, 5.41) is 4.01. The summed E-state index contributed by atoms with van der Waals surface area (Å²) in [6.07, 6.45) is 1.46. The first-order valence-electron chi connectivity index (χ1n) is 6.38. The van der Waals surface area contributed by atoms with Crippen LogP contribution < -0.4 is 10.4 Å². The SMILES string of the molecule is CCOc1ccc(C(C)=O)cc1Cn1ncn(C)c1=O. The molecule has 0 fully saturated rings. The van der Waals surface area contributed by atoms with E-state index in [-0.39, 0.29) is 18.0 Å². The Balaban J connectivity index is 2.41. The summed E-state index contributed by atoms with van der Waals surface area (Å²) in [6, 6.07) is 5.22. The second-order valence-corrected chi connectivity index (χ2v) is 4.49. The van der Waals surface area contributed by atoms with E-state index >= 15 is 0 Å². The van der Waals surface area contributed by atoms with Gasteiger partial charge < -0.3 is 4.74 Å². The monoisotopic (exact) mass is 275 g/mol. The van der Waals surface area contributed by atoms with E-state index in [0.717, 1.165) is 5.56 Å². The number of rotatable bonds is 5. The van der Waals surface area contributed by atoms with Gasteiger partial charge in [-0.2, -0.15) is 5.10 Å². The number of carbonyl (C=O) groups is 1. The average molecular weight is 275 g/mol. The first-order valence-corrected chi connectivity index (χ1v) is 6.38. The molecule has 0 bridgehead atoms. The fourth-order valence-corrected chi connectivity index (χ4v) is 1.91. The highest BCUT2D eigenvalue weighted by Crippen LogP contribution is 2.21. The van der Waals surface area contributed by atoms with Gasteiger partial charge in [0.05, 0.1) is 13.2 Å². The molecule has 0 N–H and O–H groups in total. The lowest BCUT2D eigenvalue weighted by Crippen LogP contribution is -2.23. The lowest BCUT2D eigenvalue weighted by molar-refractivity contribution is 0.101. The quantitative estimate of drug-likeness (QED) is 0.770. The fraction of sp³-hybridized carbons (Fsp3) is 0.357. The molecule has 0 unspecified atom stereocenters. The van der Waals surface area contributed by atoms with Crippen molar-refractivity contribution in [2.24, 2.45) is 7.05 Å². The number of aryl methyl sites for hydroxylation is 1. The lowest BCUT2D eigenvalue weighted by atomic mass is 10.1. The van der Waals surface area contributed by atoms with Gasteiger partial charge in [-0.05, 0) is 32.0 Å². The standard InChI is InChI=1S/C14H17N3O3/c1-4-20-13-6-5-11(10(2)18)7-12(13)8-17-14(19)16(3)9-15-17/h5-7,9H,4,8H2,1-3H3. The van der Waals surface area contributed by atoms with E-state index in [9.17, 15) is 9.59 Å². The number of Topliss-reactive ketones (excluding diaryl/α,β-unsaturated/α-hetero) is 1. The second-order valence-electron chi connectivity index (χ2n) is 4.49. The van der Waals surface area contributed by atoms with Crippen molar-refractivity contribution in [3.8, 4) is 5.75 Å². The predicted molar refractivity (Wildman–Crippen MR) is 74.2 cm³/mol. The van der Waals surface area contributed by atoms with Gasteiger partial charge in [0.2, 0.25) is 0 Å². The van der Waals surface area contributed by atoms with Crippen LogP contribution in [0.3, 0.4) is 0 Å². The van der Waals surface area contributed by atoms with Crippen molar-refractivity contribution in [3.05, 3.63) is 46.1 Å². The molecule has 1 aromatic heterocycles. The summed E-state index contributed by atoms with van der Waals surface area (Å²) >= 11 is 0. The summed E-state index contributed by atoms with van der Waals surface area (Å²) in [5.41, 5.74) is 1.15. The van der Waals surface area contributed by atoms with Crippen molar-refractivity contribution in [1.82, 2.24) is 14.3 Å². The van der Waals surface area contributed by atoms with Crippen LogP contribution >= 0.6 is 0 Å². The minimum Gasteiger partial charge on any atom is -0.494 e. The Bertz CT molecular complexity index is 685. The summed E-state index contributed by atoms with van der Waals surface area (Å²) in [4.78, 5) is 23.3. The molecule has 6 nitrogen and oxygen atoms in total. The maximum absolute atomic E-state index is 11.8. The Morgan fingerprint density at radius 1 is 1.40 bits per heavy atom. The summed E-state index contributed by atoms with van der Waals surface area (Å²) < 4.78 is 8.26. The molecule has 2 aromatic rings. The van der Waals surface area contributed by atoms with E-state index in [0.29, 0.717) is 17.9 Å². The van der Waals surface area contributed by atoms with Crippen molar-refractivity contribution in [3.63, 3.8) is 0 Å². The zero-order chi connectivity index (χ0) is 14.7. The summed E-state index contributed by atoms with van der Waals surface area (Å²) in [6.45, 7) is 4.18. The zero-order valence-electron chi connectivity index (χ0n) is 11.8. The Hall–Kier alpha value is -2.37. The van der Waals surface area contributed by atoms with Crippen LogP contribution in [0.4, 0.5) is 0 Å². The third-order valence-electron chi connectivity index (χ3n) is 2.97. The topological polar surface area (TPSA) is 66.1 Å². The van der Waals surface area contributed by atoms with Crippen LogP contribution in [0, 0.1) is 0 Å². The molecule has 0 saturated heterocycles. The van der Waals surface area contributed by atoms with Crippen molar-refractivity contribution in [2.75, 3.05) is 6.61 Å². The third-order valence-corrected chi connectivity index (χ3v) is 2.97.